The van der Waals surface area contributed by atoms with E-state index < -0.39 is 5.91 Å². The van der Waals surface area contributed by atoms with E-state index >= 15 is 0 Å². The van der Waals surface area contributed by atoms with Gasteiger partial charge in [-0.15, -0.1) is 0 Å². The fourth-order valence-electron chi connectivity index (χ4n) is 2.35. The molecule has 2 aromatic carbocycles. The second kappa shape index (κ2) is 7.37. The van der Waals surface area contributed by atoms with Crippen LogP contribution in [0.25, 0.3) is 10.9 Å². The lowest BCUT2D eigenvalue weighted by Crippen LogP contribution is -2.42. The summed E-state index contributed by atoms with van der Waals surface area (Å²) in [6, 6.07) is 20.7. The summed E-state index contributed by atoms with van der Waals surface area (Å²) in [6.07, 6.45) is 0.923. The van der Waals surface area contributed by atoms with Gasteiger partial charge in [-0.25, -0.2) is 4.98 Å². The van der Waals surface area contributed by atoms with E-state index in [1.165, 1.54) is 0 Å². The average Bonchev–Trinajstić information content (AvgIpc) is 2.65. The minimum atomic E-state index is -0.436. The quantitative estimate of drug-likeness (QED) is 0.726. The molecule has 24 heavy (non-hydrogen) atoms. The van der Waals surface area contributed by atoms with Gasteiger partial charge in [0.1, 0.15) is 5.69 Å². The highest BCUT2D eigenvalue weighted by molar-refractivity contribution is 5.95. The van der Waals surface area contributed by atoms with E-state index in [-0.39, 0.29) is 11.6 Å². The highest BCUT2D eigenvalue weighted by Crippen LogP contribution is 2.11. The lowest BCUT2D eigenvalue weighted by atomic mass is 10.1. The number of carbonyl (C=O) groups is 2. The maximum Gasteiger partial charge on any atom is 0.288 e. The fourth-order valence-corrected chi connectivity index (χ4v) is 2.35. The third-order valence-corrected chi connectivity index (χ3v) is 3.63. The first-order valence-corrected chi connectivity index (χ1v) is 7.71. The Morgan fingerprint density at radius 2 is 1.58 bits per heavy atom. The van der Waals surface area contributed by atoms with Gasteiger partial charge in [0.2, 0.25) is 5.91 Å². The zero-order chi connectivity index (χ0) is 16.8. The van der Waals surface area contributed by atoms with Crippen molar-refractivity contribution in [2.45, 2.75) is 12.8 Å². The molecule has 120 valence electrons. The van der Waals surface area contributed by atoms with Crippen LogP contribution in [0.3, 0.4) is 0 Å². The van der Waals surface area contributed by atoms with Crippen LogP contribution < -0.4 is 10.9 Å². The second-order valence-electron chi connectivity index (χ2n) is 5.38. The minimum Gasteiger partial charge on any atom is -0.273 e. The largest absolute Gasteiger partial charge is 0.288 e. The molecular formula is C19H17N3O2. The molecule has 0 bridgehead atoms. The summed E-state index contributed by atoms with van der Waals surface area (Å²) in [5, 5.41) is 0.959. The number of pyridine rings is 1. The average molecular weight is 319 g/mol. The van der Waals surface area contributed by atoms with E-state index in [1.54, 1.807) is 6.07 Å². The molecule has 3 aromatic rings. The predicted octanol–water partition coefficient (Wildman–Crippen LogP) is 2.63. The minimum absolute atomic E-state index is 0.243. The highest BCUT2D eigenvalue weighted by Gasteiger charge is 2.09. The Morgan fingerprint density at radius 3 is 2.42 bits per heavy atom. The Hall–Kier alpha value is -3.21. The van der Waals surface area contributed by atoms with Crippen molar-refractivity contribution in [1.82, 2.24) is 15.8 Å². The van der Waals surface area contributed by atoms with Crippen molar-refractivity contribution in [2.24, 2.45) is 0 Å². The Morgan fingerprint density at radius 1 is 0.833 bits per heavy atom. The monoisotopic (exact) mass is 319 g/mol. The van der Waals surface area contributed by atoms with Crippen LogP contribution in [0.1, 0.15) is 22.5 Å². The van der Waals surface area contributed by atoms with Gasteiger partial charge in [-0.05, 0) is 24.1 Å². The molecule has 0 saturated heterocycles. The molecule has 0 atom stereocenters. The number of amides is 2. The van der Waals surface area contributed by atoms with Crippen molar-refractivity contribution < 1.29 is 9.59 Å². The van der Waals surface area contributed by atoms with Crippen LogP contribution in [0.4, 0.5) is 0 Å². The van der Waals surface area contributed by atoms with E-state index in [9.17, 15) is 9.59 Å². The number of rotatable bonds is 4. The molecule has 0 aliphatic rings. The number of fused-ring (bicyclic) bond motifs is 1. The predicted molar refractivity (Wildman–Crippen MR) is 92.1 cm³/mol. The van der Waals surface area contributed by atoms with Gasteiger partial charge >= 0.3 is 0 Å². The van der Waals surface area contributed by atoms with Gasteiger partial charge in [0, 0.05) is 11.8 Å². The van der Waals surface area contributed by atoms with E-state index in [4.69, 9.17) is 0 Å². The molecule has 5 heteroatoms. The standard InChI is InChI=1S/C19H17N3O2/c23-18(13-10-14-6-2-1-3-7-14)21-22-19(24)17-12-11-15-8-4-5-9-16(15)20-17/h1-9,11-12H,10,13H2,(H,21,23)(H,22,24). The Balaban J connectivity index is 1.53. The molecule has 0 fully saturated rings. The molecule has 2 amide bonds. The Kier molecular flexibility index (Phi) is 4.81. The number of carbonyl (C=O) groups excluding carboxylic acids is 2. The number of hydrazine groups is 1. The topological polar surface area (TPSA) is 71.1 Å². The smallest absolute Gasteiger partial charge is 0.273 e. The summed E-state index contributed by atoms with van der Waals surface area (Å²) in [5.74, 6) is -0.679. The van der Waals surface area contributed by atoms with Gasteiger partial charge < -0.3 is 0 Å². The van der Waals surface area contributed by atoms with E-state index in [1.807, 2.05) is 60.7 Å². The van der Waals surface area contributed by atoms with Gasteiger partial charge in [-0.1, -0.05) is 54.6 Å². The molecule has 0 aliphatic carbocycles. The van der Waals surface area contributed by atoms with Gasteiger partial charge in [0.05, 0.1) is 5.52 Å². The first kappa shape index (κ1) is 15.7. The summed E-state index contributed by atoms with van der Waals surface area (Å²) in [7, 11) is 0. The van der Waals surface area contributed by atoms with Crippen LogP contribution in [0.5, 0.6) is 0 Å². The van der Waals surface area contributed by atoms with Gasteiger partial charge in [0.25, 0.3) is 5.91 Å². The molecule has 0 spiro atoms. The fraction of sp³-hybridized carbons (Fsp3) is 0.105. The first-order valence-electron chi connectivity index (χ1n) is 7.71. The lowest BCUT2D eigenvalue weighted by Gasteiger charge is -2.07. The SMILES string of the molecule is O=C(CCc1ccccc1)NNC(=O)c1ccc2ccccc2n1. The van der Waals surface area contributed by atoms with Gasteiger partial charge in [-0.3, -0.25) is 20.4 Å². The number of hydrogen-bond donors (Lipinski definition) is 2. The number of hydrogen-bond acceptors (Lipinski definition) is 3. The lowest BCUT2D eigenvalue weighted by molar-refractivity contribution is -0.121. The van der Waals surface area contributed by atoms with Crippen LogP contribution >= 0.6 is 0 Å². The number of nitrogens with zero attached hydrogens (tertiary/aromatic N) is 1. The molecule has 5 nitrogen and oxygen atoms in total. The summed E-state index contributed by atoms with van der Waals surface area (Å²) < 4.78 is 0. The summed E-state index contributed by atoms with van der Waals surface area (Å²) >= 11 is 0. The summed E-state index contributed by atoms with van der Waals surface area (Å²) in [5.41, 5.74) is 6.90. The van der Waals surface area contributed by atoms with Gasteiger partial charge in [-0.2, -0.15) is 0 Å². The molecule has 0 radical (unpaired) electrons. The molecule has 3 rings (SSSR count). The Labute approximate surface area is 139 Å². The van der Waals surface area contributed by atoms with Crippen molar-refractivity contribution >= 4 is 22.7 Å². The van der Waals surface area contributed by atoms with E-state index in [2.05, 4.69) is 15.8 Å². The van der Waals surface area contributed by atoms with Crippen LogP contribution in [0.2, 0.25) is 0 Å². The van der Waals surface area contributed by atoms with Crippen LogP contribution in [0, 0.1) is 0 Å². The van der Waals surface area contributed by atoms with Crippen molar-refractivity contribution in [3.8, 4) is 0 Å². The number of aryl methyl sites for hydroxylation is 1. The van der Waals surface area contributed by atoms with Crippen molar-refractivity contribution in [3.63, 3.8) is 0 Å². The van der Waals surface area contributed by atoms with Crippen LogP contribution in [-0.4, -0.2) is 16.8 Å². The van der Waals surface area contributed by atoms with Crippen molar-refractivity contribution in [2.75, 3.05) is 0 Å². The van der Waals surface area contributed by atoms with Crippen LogP contribution in [0.15, 0.2) is 66.7 Å². The Bertz CT molecular complexity index is 863. The molecule has 1 aromatic heterocycles. The van der Waals surface area contributed by atoms with Crippen molar-refractivity contribution in [3.05, 3.63) is 78.0 Å². The maximum absolute atomic E-state index is 12.1. The molecule has 0 aliphatic heterocycles. The van der Waals surface area contributed by atoms with Gasteiger partial charge in [0.15, 0.2) is 0 Å². The van der Waals surface area contributed by atoms with E-state index in [0.717, 1.165) is 16.5 Å². The highest BCUT2D eigenvalue weighted by atomic mass is 16.2. The second-order valence-corrected chi connectivity index (χ2v) is 5.38. The number of benzene rings is 2. The first-order chi connectivity index (χ1) is 11.7. The third-order valence-electron chi connectivity index (χ3n) is 3.63. The number of aromatic nitrogens is 1. The third kappa shape index (κ3) is 3.95. The molecule has 0 saturated carbocycles. The summed E-state index contributed by atoms with van der Waals surface area (Å²) in [6.45, 7) is 0. The molecule has 0 unspecified atom stereocenters. The maximum atomic E-state index is 12.1. The molecular weight excluding hydrogens is 302 g/mol. The number of para-hydroxylation sites is 1. The number of nitrogens with one attached hydrogen (secondary N) is 2. The molecule has 2 N–H and O–H groups in total. The zero-order valence-electron chi connectivity index (χ0n) is 13.0. The normalized spacial score (nSPS) is 10.3. The summed E-state index contributed by atoms with van der Waals surface area (Å²) in [4.78, 5) is 28.2. The zero-order valence-corrected chi connectivity index (χ0v) is 13.0. The molecule has 1 heterocycles. The van der Waals surface area contributed by atoms with Crippen LogP contribution in [-0.2, 0) is 11.2 Å². The van der Waals surface area contributed by atoms with Crippen molar-refractivity contribution in [1.29, 1.82) is 0 Å². The van der Waals surface area contributed by atoms with E-state index in [0.29, 0.717) is 12.8 Å².